The molecular formula is C13H18F3NO3S. The fourth-order valence-electron chi connectivity index (χ4n) is 1.66. The molecule has 0 aliphatic heterocycles. The van der Waals surface area contributed by atoms with Gasteiger partial charge in [-0.1, -0.05) is 26.2 Å². The molecule has 0 saturated carbocycles. The molecular weight excluding hydrogens is 307 g/mol. The van der Waals surface area contributed by atoms with Crippen LogP contribution in [0, 0.1) is 0 Å². The molecule has 0 aliphatic carbocycles. The number of halogens is 3. The quantitative estimate of drug-likeness (QED) is 0.745. The lowest BCUT2D eigenvalue weighted by atomic mass is 10.2. The molecule has 0 spiro atoms. The van der Waals surface area contributed by atoms with Crippen LogP contribution in [0.15, 0.2) is 29.2 Å². The van der Waals surface area contributed by atoms with Crippen LogP contribution in [0.25, 0.3) is 0 Å². The SMILES string of the molecule is CCCCCCNS(=O)(=O)c1ccc(OC(F)(F)F)cc1. The van der Waals surface area contributed by atoms with Crippen LogP contribution in [-0.4, -0.2) is 21.3 Å². The molecule has 0 saturated heterocycles. The predicted octanol–water partition coefficient (Wildman–Crippen LogP) is 3.44. The third kappa shape index (κ3) is 6.81. The standard InChI is InChI=1S/C13H18F3NO3S/c1-2-3-4-5-10-17-21(18,19)12-8-6-11(7-9-12)20-13(14,15)16/h6-9,17H,2-5,10H2,1H3. The van der Waals surface area contributed by atoms with Crippen molar-refractivity contribution in [2.45, 2.75) is 43.9 Å². The van der Waals surface area contributed by atoms with E-state index < -0.39 is 22.1 Å². The Hall–Kier alpha value is -1.28. The molecule has 1 N–H and O–H groups in total. The largest absolute Gasteiger partial charge is 0.573 e. The van der Waals surface area contributed by atoms with Gasteiger partial charge >= 0.3 is 6.36 Å². The van der Waals surface area contributed by atoms with Gasteiger partial charge in [-0.15, -0.1) is 13.2 Å². The normalized spacial score (nSPS) is 12.4. The first kappa shape index (κ1) is 17.8. The molecule has 0 aromatic heterocycles. The van der Waals surface area contributed by atoms with Gasteiger partial charge in [-0.2, -0.15) is 0 Å². The summed E-state index contributed by atoms with van der Waals surface area (Å²) in [7, 11) is -3.69. The number of hydrogen-bond acceptors (Lipinski definition) is 3. The van der Waals surface area contributed by atoms with Crippen LogP contribution in [-0.2, 0) is 10.0 Å². The van der Waals surface area contributed by atoms with Crippen LogP contribution in [0.1, 0.15) is 32.6 Å². The lowest BCUT2D eigenvalue weighted by Gasteiger charge is -2.10. The zero-order valence-electron chi connectivity index (χ0n) is 11.6. The lowest BCUT2D eigenvalue weighted by Crippen LogP contribution is -2.24. The molecule has 0 atom stereocenters. The highest BCUT2D eigenvalue weighted by Gasteiger charge is 2.31. The molecule has 1 aromatic rings. The minimum atomic E-state index is -4.79. The third-order valence-corrected chi connectivity index (χ3v) is 4.17. The van der Waals surface area contributed by atoms with Crippen LogP contribution in [0.3, 0.4) is 0 Å². The van der Waals surface area contributed by atoms with E-state index in [1.807, 2.05) is 0 Å². The maximum Gasteiger partial charge on any atom is 0.573 e. The molecule has 1 aromatic carbocycles. The van der Waals surface area contributed by atoms with Gasteiger partial charge in [-0.25, -0.2) is 13.1 Å². The number of nitrogens with one attached hydrogen (secondary N) is 1. The first-order valence-corrected chi connectivity index (χ1v) is 8.08. The number of alkyl halides is 3. The van der Waals surface area contributed by atoms with E-state index >= 15 is 0 Å². The van der Waals surface area contributed by atoms with E-state index in [0.717, 1.165) is 49.9 Å². The topological polar surface area (TPSA) is 55.4 Å². The highest BCUT2D eigenvalue weighted by Crippen LogP contribution is 2.23. The zero-order chi connectivity index (χ0) is 15.9. The molecule has 0 unspecified atom stereocenters. The average molecular weight is 325 g/mol. The summed E-state index contributed by atoms with van der Waals surface area (Å²) < 4.78 is 65.8. The Morgan fingerprint density at radius 2 is 1.71 bits per heavy atom. The van der Waals surface area contributed by atoms with Crippen LogP contribution >= 0.6 is 0 Å². The summed E-state index contributed by atoms with van der Waals surface area (Å²) in [4.78, 5) is -0.0903. The number of ether oxygens (including phenoxy) is 1. The molecule has 1 rings (SSSR count). The van der Waals surface area contributed by atoms with Crippen molar-refractivity contribution in [3.05, 3.63) is 24.3 Å². The summed E-state index contributed by atoms with van der Waals surface area (Å²) >= 11 is 0. The van der Waals surface area contributed by atoms with Crippen molar-refractivity contribution in [2.24, 2.45) is 0 Å². The number of rotatable bonds is 8. The second kappa shape index (κ2) is 7.65. The van der Waals surface area contributed by atoms with Gasteiger partial charge < -0.3 is 4.74 Å². The van der Waals surface area contributed by atoms with Crippen molar-refractivity contribution in [1.82, 2.24) is 4.72 Å². The van der Waals surface area contributed by atoms with Gasteiger partial charge in [-0.05, 0) is 30.7 Å². The first-order valence-electron chi connectivity index (χ1n) is 6.60. The van der Waals surface area contributed by atoms with Crippen molar-refractivity contribution in [1.29, 1.82) is 0 Å². The Morgan fingerprint density at radius 3 is 2.24 bits per heavy atom. The lowest BCUT2D eigenvalue weighted by molar-refractivity contribution is -0.274. The number of hydrogen-bond donors (Lipinski definition) is 1. The molecule has 0 heterocycles. The van der Waals surface area contributed by atoms with Gasteiger partial charge in [0.15, 0.2) is 0 Å². The minimum Gasteiger partial charge on any atom is -0.406 e. The maximum absolute atomic E-state index is 12.0. The highest BCUT2D eigenvalue weighted by molar-refractivity contribution is 7.89. The Kier molecular flexibility index (Phi) is 6.47. The summed E-state index contributed by atoms with van der Waals surface area (Å²) in [6.07, 6.45) is -1.06. The van der Waals surface area contributed by atoms with E-state index in [1.165, 1.54) is 0 Å². The van der Waals surface area contributed by atoms with E-state index in [-0.39, 0.29) is 4.90 Å². The first-order chi connectivity index (χ1) is 9.74. The third-order valence-electron chi connectivity index (χ3n) is 2.69. The monoisotopic (exact) mass is 325 g/mol. The highest BCUT2D eigenvalue weighted by atomic mass is 32.2. The Bertz CT molecular complexity index is 527. The predicted molar refractivity (Wildman–Crippen MR) is 72.5 cm³/mol. The molecule has 0 bridgehead atoms. The fraction of sp³-hybridized carbons (Fsp3) is 0.538. The number of unbranched alkanes of at least 4 members (excludes halogenated alkanes) is 3. The van der Waals surface area contributed by atoms with Gasteiger partial charge in [0.2, 0.25) is 10.0 Å². The molecule has 0 radical (unpaired) electrons. The van der Waals surface area contributed by atoms with Gasteiger partial charge in [0.25, 0.3) is 0 Å². The molecule has 0 aliphatic rings. The van der Waals surface area contributed by atoms with Gasteiger partial charge in [-0.3, -0.25) is 0 Å². The summed E-state index contributed by atoms with van der Waals surface area (Å²) in [6.45, 7) is 2.36. The molecule has 8 heteroatoms. The Morgan fingerprint density at radius 1 is 1.10 bits per heavy atom. The summed E-state index contributed by atoms with van der Waals surface area (Å²) in [5, 5.41) is 0. The van der Waals surface area contributed by atoms with Gasteiger partial charge in [0.05, 0.1) is 4.90 Å². The van der Waals surface area contributed by atoms with Crippen LogP contribution in [0.2, 0.25) is 0 Å². The fourth-order valence-corrected chi connectivity index (χ4v) is 2.74. The molecule has 120 valence electrons. The molecule has 0 amide bonds. The second-order valence-electron chi connectivity index (χ2n) is 4.48. The smallest absolute Gasteiger partial charge is 0.406 e. The van der Waals surface area contributed by atoms with Crippen molar-refractivity contribution in [3.8, 4) is 5.75 Å². The zero-order valence-corrected chi connectivity index (χ0v) is 12.4. The van der Waals surface area contributed by atoms with Crippen LogP contribution < -0.4 is 9.46 Å². The van der Waals surface area contributed by atoms with E-state index in [9.17, 15) is 21.6 Å². The van der Waals surface area contributed by atoms with E-state index in [4.69, 9.17) is 0 Å². The Balaban J connectivity index is 2.59. The Labute approximate surface area is 122 Å². The molecule has 21 heavy (non-hydrogen) atoms. The summed E-state index contributed by atoms with van der Waals surface area (Å²) in [5.74, 6) is -0.454. The van der Waals surface area contributed by atoms with Crippen molar-refractivity contribution >= 4 is 10.0 Å². The van der Waals surface area contributed by atoms with Crippen LogP contribution in [0.5, 0.6) is 5.75 Å². The second-order valence-corrected chi connectivity index (χ2v) is 6.24. The summed E-state index contributed by atoms with van der Waals surface area (Å²) in [5.41, 5.74) is 0. The van der Waals surface area contributed by atoms with Gasteiger partial charge in [0, 0.05) is 6.54 Å². The van der Waals surface area contributed by atoms with E-state index in [2.05, 4.69) is 16.4 Å². The average Bonchev–Trinajstić information content (AvgIpc) is 2.37. The van der Waals surface area contributed by atoms with E-state index in [1.54, 1.807) is 0 Å². The van der Waals surface area contributed by atoms with Crippen LogP contribution in [0.4, 0.5) is 13.2 Å². The minimum absolute atomic E-state index is 0.0903. The van der Waals surface area contributed by atoms with E-state index in [0.29, 0.717) is 6.54 Å². The van der Waals surface area contributed by atoms with Crippen molar-refractivity contribution in [3.63, 3.8) is 0 Å². The van der Waals surface area contributed by atoms with Crippen molar-refractivity contribution < 1.29 is 26.3 Å². The van der Waals surface area contributed by atoms with Crippen molar-refractivity contribution in [2.75, 3.05) is 6.54 Å². The number of benzene rings is 1. The van der Waals surface area contributed by atoms with Gasteiger partial charge in [0.1, 0.15) is 5.75 Å². The molecule has 4 nitrogen and oxygen atoms in total. The summed E-state index contributed by atoms with van der Waals surface area (Å²) in [6, 6.07) is 4.10. The molecule has 0 fully saturated rings. The number of sulfonamides is 1. The maximum atomic E-state index is 12.0.